The molecule has 3 amide bonds. The largest absolute Gasteiger partial charge is 0.354 e. The number of H-pyrrole nitrogens is 1. The van der Waals surface area contributed by atoms with Gasteiger partial charge in [-0.1, -0.05) is 30.3 Å². The summed E-state index contributed by atoms with van der Waals surface area (Å²) in [7, 11) is 0. The molecule has 1 fully saturated rings. The molecule has 4 rings (SSSR count). The number of rotatable bonds is 7. The van der Waals surface area contributed by atoms with Gasteiger partial charge in [-0.05, 0) is 48.3 Å². The molecule has 2 heterocycles. The van der Waals surface area contributed by atoms with Gasteiger partial charge >= 0.3 is 0 Å². The standard InChI is InChI=1S/C23H19FN4O4S2/c24-16-7-3-1-5-14(16)13-18-21(31)28(23(32)34-18)12-10-25-19(29)9-11-27-20(30)15-6-2-4-8-17(15)26-22(27)33/h1-8,13H,9-12H2,(H,25,29)(H,26,33)/b18-13-. The summed E-state index contributed by atoms with van der Waals surface area (Å²) in [6.45, 7) is 0.0993. The van der Waals surface area contributed by atoms with Crippen molar-refractivity contribution in [1.82, 2.24) is 19.8 Å². The van der Waals surface area contributed by atoms with Crippen molar-refractivity contribution >= 4 is 58.0 Å². The molecule has 1 saturated heterocycles. The highest BCUT2D eigenvalue weighted by Gasteiger charge is 2.34. The van der Waals surface area contributed by atoms with Crippen molar-refractivity contribution < 1.29 is 18.8 Å². The maximum atomic E-state index is 13.8. The molecule has 0 radical (unpaired) electrons. The van der Waals surface area contributed by atoms with Crippen LogP contribution in [0.1, 0.15) is 12.0 Å². The Bertz CT molecular complexity index is 1450. The summed E-state index contributed by atoms with van der Waals surface area (Å²) in [5.41, 5.74) is 0.551. The van der Waals surface area contributed by atoms with Crippen LogP contribution in [0.4, 0.5) is 9.18 Å². The third-order valence-electron chi connectivity index (χ3n) is 5.17. The van der Waals surface area contributed by atoms with Crippen molar-refractivity contribution in [1.29, 1.82) is 0 Å². The summed E-state index contributed by atoms with van der Waals surface area (Å²) in [4.78, 5) is 53.7. The van der Waals surface area contributed by atoms with Crippen molar-refractivity contribution in [2.45, 2.75) is 13.0 Å². The molecule has 11 heteroatoms. The average molecular weight is 499 g/mol. The highest BCUT2D eigenvalue weighted by molar-refractivity contribution is 8.18. The molecular formula is C23H19FN4O4S2. The average Bonchev–Trinajstić information content (AvgIpc) is 3.08. The number of carbonyl (C=O) groups excluding carboxylic acids is 3. The fraction of sp³-hybridized carbons (Fsp3) is 0.174. The molecule has 2 aromatic carbocycles. The van der Waals surface area contributed by atoms with Gasteiger partial charge < -0.3 is 10.3 Å². The topological polar surface area (TPSA) is 104 Å². The van der Waals surface area contributed by atoms with Crippen molar-refractivity contribution in [3.63, 3.8) is 0 Å². The molecule has 0 unspecified atom stereocenters. The Kier molecular flexibility index (Phi) is 7.03. The van der Waals surface area contributed by atoms with Gasteiger partial charge in [-0.15, -0.1) is 0 Å². The van der Waals surface area contributed by atoms with E-state index < -0.39 is 17.0 Å². The van der Waals surface area contributed by atoms with E-state index in [4.69, 9.17) is 12.2 Å². The normalized spacial score (nSPS) is 14.9. The molecule has 0 spiro atoms. The fourth-order valence-electron chi connectivity index (χ4n) is 3.44. The molecule has 2 N–H and O–H groups in total. The second kappa shape index (κ2) is 10.1. The zero-order valence-electron chi connectivity index (χ0n) is 17.7. The maximum absolute atomic E-state index is 13.8. The van der Waals surface area contributed by atoms with Crippen LogP contribution in [0.5, 0.6) is 0 Å². The lowest BCUT2D eigenvalue weighted by Gasteiger charge is -2.13. The second-order valence-electron chi connectivity index (χ2n) is 7.39. The Morgan fingerprint density at radius 1 is 1.09 bits per heavy atom. The first-order chi connectivity index (χ1) is 16.3. The molecule has 34 heavy (non-hydrogen) atoms. The number of carbonyl (C=O) groups is 3. The number of imide groups is 1. The number of fused-ring (bicyclic) bond motifs is 1. The molecule has 1 aliphatic heterocycles. The van der Waals surface area contributed by atoms with E-state index in [0.29, 0.717) is 10.9 Å². The van der Waals surface area contributed by atoms with E-state index in [1.165, 1.54) is 28.8 Å². The number of benzene rings is 2. The Labute approximate surface area is 202 Å². The number of halogens is 1. The number of nitrogens with zero attached hydrogens (tertiary/aromatic N) is 2. The molecule has 8 nitrogen and oxygen atoms in total. The number of hydrogen-bond acceptors (Lipinski definition) is 6. The van der Waals surface area contributed by atoms with Crippen LogP contribution < -0.4 is 10.9 Å². The van der Waals surface area contributed by atoms with Gasteiger partial charge in [-0.3, -0.25) is 28.6 Å². The Hall–Kier alpha value is -3.57. The number of nitrogens with one attached hydrogen (secondary N) is 2. The lowest BCUT2D eigenvalue weighted by Crippen LogP contribution is -2.37. The molecule has 1 aromatic heterocycles. The van der Waals surface area contributed by atoms with Crippen molar-refractivity contribution in [2.75, 3.05) is 13.1 Å². The number of amides is 3. The van der Waals surface area contributed by atoms with Crippen LogP contribution >= 0.6 is 24.0 Å². The maximum Gasteiger partial charge on any atom is 0.293 e. The molecule has 0 aliphatic carbocycles. The zero-order chi connectivity index (χ0) is 24.2. The summed E-state index contributed by atoms with van der Waals surface area (Å²) in [6, 6.07) is 12.9. The number of aromatic nitrogens is 2. The van der Waals surface area contributed by atoms with Crippen molar-refractivity contribution in [3.8, 4) is 0 Å². The smallest absolute Gasteiger partial charge is 0.293 e. The lowest BCUT2D eigenvalue weighted by molar-refractivity contribution is -0.124. The number of aromatic amines is 1. The summed E-state index contributed by atoms with van der Waals surface area (Å²) >= 11 is 5.96. The highest BCUT2D eigenvalue weighted by atomic mass is 32.2. The molecule has 0 atom stereocenters. The van der Waals surface area contributed by atoms with Gasteiger partial charge in [0.1, 0.15) is 5.82 Å². The van der Waals surface area contributed by atoms with Gasteiger partial charge in [0.15, 0.2) is 4.77 Å². The van der Waals surface area contributed by atoms with Crippen LogP contribution in [0.2, 0.25) is 0 Å². The quantitative estimate of drug-likeness (QED) is 0.382. The molecule has 3 aromatic rings. The van der Waals surface area contributed by atoms with E-state index in [-0.39, 0.29) is 52.8 Å². The lowest BCUT2D eigenvalue weighted by atomic mass is 10.2. The van der Waals surface area contributed by atoms with Gasteiger partial charge in [0.05, 0.1) is 15.8 Å². The molecule has 1 aliphatic rings. The van der Waals surface area contributed by atoms with Crippen molar-refractivity contribution in [3.05, 3.63) is 79.9 Å². The molecule has 0 bridgehead atoms. The van der Waals surface area contributed by atoms with Gasteiger partial charge in [-0.25, -0.2) is 4.39 Å². The highest BCUT2D eigenvalue weighted by Crippen LogP contribution is 2.32. The minimum absolute atomic E-state index is 0.00912. The Morgan fingerprint density at radius 3 is 2.62 bits per heavy atom. The van der Waals surface area contributed by atoms with Crippen molar-refractivity contribution in [2.24, 2.45) is 0 Å². The van der Waals surface area contributed by atoms with Gasteiger partial charge in [0, 0.05) is 31.6 Å². The van der Waals surface area contributed by atoms with Gasteiger partial charge in [0.2, 0.25) is 5.91 Å². The number of para-hydroxylation sites is 1. The predicted octanol–water partition coefficient (Wildman–Crippen LogP) is 3.44. The summed E-state index contributed by atoms with van der Waals surface area (Å²) in [6.07, 6.45) is 1.33. The third-order valence-corrected chi connectivity index (χ3v) is 6.40. The summed E-state index contributed by atoms with van der Waals surface area (Å²) in [5.74, 6) is -1.39. The van der Waals surface area contributed by atoms with Gasteiger partial charge in [0.25, 0.3) is 16.7 Å². The van der Waals surface area contributed by atoms with E-state index in [1.807, 2.05) is 0 Å². The first kappa shape index (κ1) is 23.6. The van der Waals surface area contributed by atoms with E-state index in [1.54, 1.807) is 30.3 Å². The van der Waals surface area contributed by atoms with Gasteiger partial charge in [-0.2, -0.15) is 0 Å². The summed E-state index contributed by atoms with van der Waals surface area (Å²) in [5, 5.41) is 2.62. The van der Waals surface area contributed by atoms with Crippen LogP contribution in [0.25, 0.3) is 17.0 Å². The number of thioether (sulfide) groups is 1. The first-order valence-corrected chi connectivity index (χ1v) is 11.6. The molecule has 0 saturated carbocycles. The van der Waals surface area contributed by atoms with Crippen LogP contribution in [-0.4, -0.2) is 44.6 Å². The summed E-state index contributed by atoms with van der Waals surface area (Å²) < 4.78 is 15.4. The SMILES string of the molecule is O=C(CCn1c(=S)[nH]c2ccccc2c1=O)NCCN1C(=O)S/C(=C\c2ccccc2F)C1=O. The Balaban J connectivity index is 1.32. The third kappa shape index (κ3) is 5.00. The van der Waals surface area contributed by atoms with Crippen LogP contribution in [0.15, 0.2) is 58.2 Å². The predicted molar refractivity (Wildman–Crippen MR) is 130 cm³/mol. The molecule has 174 valence electrons. The Morgan fingerprint density at radius 2 is 1.82 bits per heavy atom. The first-order valence-electron chi connectivity index (χ1n) is 10.3. The van der Waals surface area contributed by atoms with E-state index in [2.05, 4.69) is 10.3 Å². The second-order valence-corrected chi connectivity index (χ2v) is 8.77. The van der Waals surface area contributed by atoms with Crippen LogP contribution in [-0.2, 0) is 16.1 Å². The van der Waals surface area contributed by atoms with E-state index in [9.17, 15) is 23.6 Å². The fourth-order valence-corrected chi connectivity index (χ4v) is 4.58. The minimum Gasteiger partial charge on any atom is -0.354 e. The molecular weight excluding hydrogens is 479 g/mol. The van der Waals surface area contributed by atoms with E-state index >= 15 is 0 Å². The van der Waals surface area contributed by atoms with Crippen LogP contribution in [0, 0.1) is 10.6 Å². The minimum atomic E-state index is -0.540. The van der Waals surface area contributed by atoms with Crippen LogP contribution in [0.3, 0.4) is 0 Å². The number of hydrogen-bond donors (Lipinski definition) is 2. The zero-order valence-corrected chi connectivity index (χ0v) is 19.4. The van der Waals surface area contributed by atoms with E-state index in [0.717, 1.165) is 16.7 Å². The monoisotopic (exact) mass is 498 g/mol.